The van der Waals surface area contributed by atoms with Crippen molar-refractivity contribution in [2.45, 2.75) is 18.9 Å². The minimum Gasteiger partial charge on any atom is -0.487 e. The lowest BCUT2D eigenvalue weighted by Crippen LogP contribution is -2.23. The fourth-order valence-corrected chi connectivity index (χ4v) is 4.84. The van der Waals surface area contributed by atoms with Crippen LogP contribution in [0.25, 0.3) is 10.9 Å². The maximum Gasteiger partial charge on any atom is 0.364 e. The van der Waals surface area contributed by atoms with Crippen LogP contribution in [0, 0.1) is 0 Å². The van der Waals surface area contributed by atoms with Gasteiger partial charge in [0.2, 0.25) is 5.91 Å². The van der Waals surface area contributed by atoms with Crippen molar-refractivity contribution in [3.05, 3.63) is 106 Å². The number of hydrogen-bond donors (Lipinski definition) is 1. The van der Waals surface area contributed by atoms with Gasteiger partial charge < -0.3 is 14.7 Å². The molecule has 3 aromatic carbocycles. The predicted octanol–water partition coefficient (Wildman–Crippen LogP) is 6.64. The van der Waals surface area contributed by atoms with Gasteiger partial charge in [0.15, 0.2) is 0 Å². The van der Waals surface area contributed by atoms with E-state index >= 15 is 0 Å². The van der Waals surface area contributed by atoms with Crippen LogP contribution >= 0.6 is 23.4 Å². The highest BCUT2D eigenvalue weighted by molar-refractivity contribution is 8.13. The molecular weight excluding hydrogens is 508 g/mol. The van der Waals surface area contributed by atoms with Crippen LogP contribution in [0.15, 0.2) is 78.9 Å². The van der Waals surface area contributed by atoms with E-state index in [-0.39, 0.29) is 24.9 Å². The molecule has 0 aliphatic carbocycles. The van der Waals surface area contributed by atoms with E-state index < -0.39 is 5.30 Å². The Kier molecular flexibility index (Phi) is 8.69. The molecule has 1 heterocycles. The summed E-state index contributed by atoms with van der Waals surface area (Å²) < 4.78 is 6.06. The molecule has 0 bridgehead atoms. The Balaban J connectivity index is 1.55. The summed E-state index contributed by atoms with van der Waals surface area (Å²) >= 11 is 6.96. The number of aromatic nitrogens is 1. The van der Waals surface area contributed by atoms with Gasteiger partial charge >= 0.3 is 5.30 Å². The Morgan fingerprint density at radius 3 is 2.49 bits per heavy atom. The van der Waals surface area contributed by atoms with Crippen LogP contribution in [0.2, 0.25) is 5.02 Å². The number of hydrogen-bond acceptors (Lipinski definition) is 5. The summed E-state index contributed by atoms with van der Waals surface area (Å²) in [5.41, 5.74) is 4.34. The van der Waals surface area contributed by atoms with Crippen molar-refractivity contribution in [2.24, 2.45) is 0 Å². The first-order valence-electron chi connectivity index (χ1n) is 11.7. The Morgan fingerprint density at radius 1 is 1.00 bits per heavy atom. The van der Waals surface area contributed by atoms with Crippen molar-refractivity contribution in [3.8, 4) is 5.75 Å². The van der Waals surface area contributed by atoms with Crippen LogP contribution in [-0.2, 0) is 17.8 Å². The van der Waals surface area contributed by atoms with Crippen molar-refractivity contribution in [2.75, 3.05) is 19.8 Å². The topological polar surface area (TPSA) is 79.7 Å². The SMILES string of the molecule is CN(C)C(=O)Cc1cccc(C(CSC(=O)O)c2cccc(OCc3ccc4ccc(Cl)cc4n3)c2)c1. The molecule has 1 unspecified atom stereocenters. The molecule has 1 N–H and O–H groups in total. The number of ether oxygens (including phenoxy) is 1. The van der Waals surface area contributed by atoms with Crippen LogP contribution in [0.1, 0.15) is 28.3 Å². The van der Waals surface area contributed by atoms with Crippen LogP contribution in [0.4, 0.5) is 4.79 Å². The number of halogens is 1. The first-order chi connectivity index (χ1) is 17.8. The number of thioether (sulfide) groups is 1. The maximum absolute atomic E-state index is 12.2. The molecule has 190 valence electrons. The number of carboxylic acid groups (broad SMARTS) is 1. The molecule has 37 heavy (non-hydrogen) atoms. The molecule has 0 saturated heterocycles. The molecule has 0 radical (unpaired) electrons. The molecule has 8 heteroatoms. The summed E-state index contributed by atoms with van der Waals surface area (Å²) in [4.78, 5) is 29.8. The third-order valence-electron chi connectivity index (χ3n) is 5.94. The zero-order valence-corrected chi connectivity index (χ0v) is 22.1. The quantitative estimate of drug-likeness (QED) is 0.259. The molecule has 1 aromatic heterocycles. The molecule has 1 amide bonds. The van der Waals surface area contributed by atoms with Gasteiger partial charge in [-0.2, -0.15) is 0 Å². The fraction of sp³-hybridized carbons (Fsp3) is 0.207. The van der Waals surface area contributed by atoms with Gasteiger partial charge in [-0.3, -0.25) is 4.79 Å². The first-order valence-corrected chi connectivity index (χ1v) is 13.1. The summed E-state index contributed by atoms with van der Waals surface area (Å²) in [6, 6.07) is 24.9. The minimum absolute atomic E-state index is 0.00794. The first kappa shape index (κ1) is 26.5. The number of fused-ring (bicyclic) bond motifs is 1. The lowest BCUT2D eigenvalue weighted by molar-refractivity contribution is -0.127. The summed E-state index contributed by atoms with van der Waals surface area (Å²) in [6.45, 7) is 0.280. The zero-order chi connectivity index (χ0) is 26.4. The highest BCUT2D eigenvalue weighted by Gasteiger charge is 2.18. The number of carbonyl (C=O) groups is 2. The molecule has 0 spiro atoms. The normalized spacial score (nSPS) is 11.8. The second kappa shape index (κ2) is 12.1. The lowest BCUT2D eigenvalue weighted by Gasteiger charge is -2.19. The molecule has 0 aliphatic heterocycles. The summed E-state index contributed by atoms with van der Waals surface area (Å²) in [5.74, 6) is 0.819. The van der Waals surface area contributed by atoms with E-state index in [1.54, 1.807) is 19.0 Å². The number of likely N-dealkylation sites (N-methyl/N-ethyl adjacent to an activating group) is 1. The van der Waals surface area contributed by atoms with E-state index in [4.69, 9.17) is 16.3 Å². The summed E-state index contributed by atoms with van der Waals surface area (Å²) in [6.07, 6.45) is 0.284. The largest absolute Gasteiger partial charge is 0.487 e. The van der Waals surface area contributed by atoms with Crippen molar-refractivity contribution in [1.82, 2.24) is 9.88 Å². The molecule has 6 nitrogen and oxygen atoms in total. The van der Waals surface area contributed by atoms with E-state index in [0.29, 0.717) is 16.5 Å². The second-order valence-corrected chi connectivity index (χ2v) is 10.2. The van der Waals surface area contributed by atoms with E-state index in [1.165, 1.54) is 0 Å². The van der Waals surface area contributed by atoms with Gasteiger partial charge in [-0.25, -0.2) is 9.78 Å². The van der Waals surface area contributed by atoms with Gasteiger partial charge in [-0.15, -0.1) is 0 Å². The van der Waals surface area contributed by atoms with Gasteiger partial charge in [-0.1, -0.05) is 60.1 Å². The second-order valence-electron chi connectivity index (χ2n) is 8.84. The van der Waals surface area contributed by atoms with E-state index in [0.717, 1.165) is 45.0 Å². The molecular formula is C29H27ClN2O4S. The standard InChI is InChI=1S/C29H27ClN2O4S/c1-32(2)28(33)14-19-5-3-6-21(13-19)26(18-37-29(34)35)22-7-4-8-25(15-22)36-17-24-12-10-20-9-11-23(30)16-27(20)31-24/h3-13,15-16,26H,14,17-18H2,1-2H3,(H,34,35). The van der Waals surface area contributed by atoms with Gasteiger partial charge in [0, 0.05) is 36.2 Å². The molecule has 4 rings (SSSR count). The maximum atomic E-state index is 12.2. The fourth-order valence-electron chi connectivity index (χ4n) is 3.98. The third-order valence-corrected chi connectivity index (χ3v) is 6.92. The molecule has 0 fully saturated rings. The summed E-state index contributed by atoms with van der Waals surface area (Å²) in [7, 11) is 3.46. The average Bonchev–Trinajstić information content (AvgIpc) is 2.87. The number of carbonyl (C=O) groups excluding carboxylic acids is 1. The zero-order valence-electron chi connectivity index (χ0n) is 20.6. The molecule has 0 aliphatic rings. The van der Waals surface area contributed by atoms with Crippen molar-refractivity contribution >= 4 is 45.5 Å². The van der Waals surface area contributed by atoms with Gasteiger partial charge in [0.25, 0.3) is 0 Å². The monoisotopic (exact) mass is 534 g/mol. The lowest BCUT2D eigenvalue weighted by atomic mass is 9.91. The third kappa shape index (κ3) is 7.24. The highest BCUT2D eigenvalue weighted by Crippen LogP contribution is 2.32. The Labute approximate surface area is 225 Å². The number of nitrogens with zero attached hydrogens (tertiary/aromatic N) is 2. The van der Waals surface area contributed by atoms with Crippen LogP contribution in [0.3, 0.4) is 0 Å². The predicted molar refractivity (Wildman–Crippen MR) is 149 cm³/mol. The van der Waals surface area contributed by atoms with E-state index in [9.17, 15) is 14.7 Å². The summed E-state index contributed by atoms with van der Waals surface area (Å²) in [5, 5.41) is 10.0. The minimum atomic E-state index is -0.932. The average molecular weight is 535 g/mol. The van der Waals surface area contributed by atoms with E-state index in [2.05, 4.69) is 4.98 Å². The van der Waals surface area contributed by atoms with Crippen LogP contribution in [-0.4, -0.2) is 46.0 Å². The van der Waals surface area contributed by atoms with Crippen molar-refractivity contribution in [1.29, 1.82) is 0 Å². The Hall–Kier alpha value is -3.55. The van der Waals surface area contributed by atoms with Gasteiger partial charge in [0.05, 0.1) is 17.6 Å². The Morgan fingerprint density at radius 2 is 1.73 bits per heavy atom. The van der Waals surface area contributed by atoms with Crippen LogP contribution < -0.4 is 4.74 Å². The molecule has 1 atom stereocenters. The Bertz CT molecular complexity index is 1430. The van der Waals surface area contributed by atoms with Gasteiger partial charge in [-0.05, 0) is 58.8 Å². The van der Waals surface area contributed by atoms with Crippen LogP contribution in [0.5, 0.6) is 5.75 Å². The van der Waals surface area contributed by atoms with Gasteiger partial charge in [0.1, 0.15) is 12.4 Å². The molecule has 4 aromatic rings. The van der Waals surface area contributed by atoms with Crippen molar-refractivity contribution in [3.63, 3.8) is 0 Å². The smallest absolute Gasteiger partial charge is 0.364 e. The van der Waals surface area contributed by atoms with E-state index in [1.807, 2.05) is 78.9 Å². The highest BCUT2D eigenvalue weighted by atomic mass is 35.5. The molecule has 0 saturated carbocycles. The number of pyridine rings is 1. The number of rotatable bonds is 9. The van der Waals surface area contributed by atoms with Crippen molar-refractivity contribution < 1.29 is 19.4 Å². The number of amides is 1. The number of benzene rings is 3.